The Kier molecular flexibility index (Phi) is 9.06. The molecule has 0 unspecified atom stereocenters. The van der Waals surface area contributed by atoms with E-state index in [1.165, 1.54) is 69.8 Å². The van der Waals surface area contributed by atoms with E-state index in [-0.39, 0.29) is 0 Å². The quantitative estimate of drug-likeness (QED) is 0.148. The first-order chi connectivity index (χ1) is 31.3. The van der Waals surface area contributed by atoms with Gasteiger partial charge in [0.1, 0.15) is 0 Å². The van der Waals surface area contributed by atoms with Gasteiger partial charge in [-0.1, -0.05) is 188 Å². The van der Waals surface area contributed by atoms with Crippen molar-refractivity contribution in [3.63, 3.8) is 0 Å². The van der Waals surface area contributed by atoms with Crippen molar-refractivity contribution < 1.29 is 0 Å². The summed E-state index contributed by atoms with van der Waals surface area (Å²) in [6.07, 6.45) is 0. The van der Waals surface area contributed by atoms with Crippen molar-refractivity contribution in [1.29, 1.82) is 0 Å². The van der Waals surface area contributed by atoms with Gasteiger partial charge >= 0.3 is 0 Å². The first kappa shape index (κ1) is 36.8. The largest absolute Gasteiger partial charge is 0.309 e. The fourth-order valence-corrected chi connectivity index (χ4v) is 10.7. The van der Waals surface area contributed by atoms with E-state index in [2.05, 4.69) is 252 Å². The number of anilines is 3. The summed E-state index contributed by atoms with van der Waals surface area (Å²) in [4.78, 5) is 2.50. The minimum atomic E-state index is 1.08. The molecule has 0 amide bonds. The van der Waals surface area contributed by atoms with Crippen LogP contribution in [0.4, 0.5) is 17.1 Å². The zero-order valence-electron chi connectivity index (χ0n) is 34.4. The summed E-state index contributed by atoms with van der Waals surface area (Å²) >= 11 is 1.88. The van der Waals surface area contributed by atoms with E-state index in [0.717, 1.165) is 39.4 Å². The second kappa shape index (κ2) is 15.5. The van der Waals surface area contributed by atoms with Gasteiger partial charge in [-0.15, -0.1) is 11.3 Å². The number of benzene rings is 10. The van der Waals surface area contributed by atoms with Gasteiger partial charge in [-0.05, 0) is 82.4 Å². The van der Waals surface area contributed by atoms with Crippen LogP contribution in [0.2, 0.25) is 0 Å². The Morgan fingerprint density at radius 3 is 1.67 bits per heavy atom. The van der Waals surface area contributed by atoms with Crippen molar-refractivity contribution in [1.82, 2.24) is 4.57 Å². The Morgan fingerprint density at radius 1 is 0.317 bits per heavy atom. The molecule has 0 saturated carbocycles. The van der Waals surface area contributed by atoms with E-state index < -0.39 is 0 Å². The van der Waals surface area contributed by atoms with E-state index >= 15 is 0 Å². The van der Waals surface area contributed by atoms with Gasteiger partial charge in [0.05, 0.1) is 22.4 Å². The molecule has 0 aliphatic carbocycles. The first-order valence-electron chi connectivity index (χ1n) is 21.5. The van der Waals surface area contributed by atoms with Gasteiger partial charge in [0, 0.05) is 59.0 Å². The van der Waals surface area contributed by atoms with E-state index in [4.69, 9.17) is 0 Å². The van der Waals surface area contributed by atoms with Crippen LogP contribution in [0.1, 0.15) is 0 Å². The average Bonchev–Trinajstić information content (AvgIpc) is 3.91. The van der Waals surface area contributed by atoms with Crippen LogP contribution < -0.4 is 4.90 Å². The Bertz CT molecular complexity index is 3600. The Labute approximate surface area is 370 Å². The predicted octanol–water partition coefficient (Wildman–Crippen LogP) is 17.3. The summed E-state index contributed by atoms with van der Waals surface area (Å²) in [7, 11) is 0. The van der Waals surface area contributed by atoms with Crippen LogP contribution in [0.5, 0.6) is 0 Å². The smallest absolute Gasteiger partial charge is 0.0561 e. The van der Waals surface area contributed by atoms with Gasteiger partial charge in [-0.3, -0.25) is 0 Å². The van der Waals surface area contributed by atoms with Crippen LogP contribution in [0, 0.1) is 0 Å². The van der Waals surface area contributed by atoms with Crippen molar-refractivity contribution in [2.45, 2.75) is 0 Å². The van der Waals surface area contributed by atoms with Gasteiger partial charge in [0.15, 0.2) is 0 Å². The Hall–Kier alpha value is -7.98. The number of nitrogens with zero attached hydrogens (tertiary/aromatic N) is 2. The molecule has 0 fully saturated rings. The lowest BCUT2D eigenvalue weighted by atomic mass is 9.94. The highest BCUT2D eigenvalue weighted by atomic mass is 32.1. The molecule has 0 N–H and O–H groups in total. The zero-order chi connectivity index (χ0) is 41.7. The molecule has 0 bridgehead atoms. The number of hydrogen-bond donors (Lipinski definition) is 0. The fourth-order valence-electron chi connectivity index (χ4n) is 9.46. The first-order valence-corrected chi connectivity index (χ1v) is 22.3. The molecule has 0 aliphatic heterocycles. The number of rotatable bonds is 8. The van der Waals surface area contributed by atoms with Crippen LogP contribution in [0.15, 0.2) is 243 Å². The van der Waals surface area contributed by atoms with Crippen molar-refractivity contribution in [3.8, 4) is 50.2 Å². The molecule has 0 spiro atoms. The minimum absolute atomic E-state index is 1.08. The highest BCUT2D eigenvalue weighted by molar-refractivity contribution is 7.26. The van der Waals surface area contributed by atoms with Crippen LogP contribution >= 0.6 is 11.3 Å². The number of hydrogen-bond acceptors (Lipinski definition) is 2. The number of fused-ring (bicyclic) bond motifs is 6. The van der Waals surface area contributed by atoms with Crippen molar-refractivity contribution in [3.05, 3.63) is 243 Å². The van der Waals surface area contributed by atoms with E-state index in [9.17, 15) is 0 Å². The van der Waals surface area contributed by atoms with Crippen molar-refractivity contribution in [2.24, 2.45) is 0 Å². The summed E-state index contributed by atoms with van der Waals surface area (Å²) < 4.78 is 4.99. The third-order valence-corrected chi connectivity index (χ3v) is 13.6. The fraction of sp³-hybridized carbons (Fsp3) is 0. The normalized spacial score (nSPS) is 11.5. The highest BCUT2D eigenvalue weighted by Gasteiger charge is 2.24. The third-order valence-electron chi connectivity index (χ3n) is 12.4. The molecule has 0 saturated heterocycles. The van der Waals surface area contributed by atoms with Gasteiger partial charge in [-0.25, -0.2) is 0 Å². The van der Waals surface area contributed by atoms with Crippen LogP contribution in [0.3, 0.4) is 0 Å². The number of thiophene rings is 1. The summed E-state index contributed by atoms with van der Waals surface area (Å²) in [6.45, 7) is 0. The summed E-state index contributed by atoms with van der Waals surface area (Å²) in [6, 6.07) is 88.5. The van der Waals surface area contributed by atoms with Crippen molar-refractivity contribution >= 4 is 70.4 Å². The molecule has 2 heterocycles. The summed E-state index contributed by atoms with van der Waals surface area (Å²) in [5.41, 5.74) is 16.2. The zero-order valence-corrected chi connectivity index (χ0v) is 35.2. The van der Waals surface area contributed by atoms with E-state index in [0.29, 0.717) is 0 Å². The Morgan fingerprint density at radius 2 is 0.873 bits per heavy atom. The van der Waals surface area contributed by atoms with Gasteiger partial charge < -0.3 is 9.47 Å². The lowest BCUT2D eigenvalue weighted by molar-refractivity contribution is 1.18. The molecule has 0 atom stereocenters. The predicted molar refractivity (Wildman–Crippen MR) is 270 cm³/mol. The van der Waals surface area contributed by atoms with Gasteiger partial charge in [-0.2, -0.15) is 0 Å². The lowest BCUT2D eigenvalue weighted by Crippen LogP contribution is -2.13. The standard InChI is InChI=1S/C60H40N2S/c1-4-17-41(18-5-1)43-31-33-44(34-32-43)48-23-10-13-28-55(48)62(47-36-37-50-49-24-11-14-29-56(49)61(58(50)40-47)46-21-8-3-9-22-46)57-38-35-45(42-19-6-2-7-20-42)39-54(57)53-27-16-26-52-51-25-12-15-30-59(51)63-60(52)53/h1-40H. The summed E-state index contributed by atoms with van der Waals surface area (Å²) in [5.74, 6) is 0. The molecule has 0 radical (unpaired) electrons. The van der Waals surface area contributed by atoms with E-state index in [1.54, 1.807) is 0 Å². The molecular formula is C60H40N2S. The maximum atomic E-state index is 2.50. The Balaban J connectivity index is 1.15. The molecule has 10 aromatic carbocycles. The molecule has 2 aromatic heterocycles. The van der Waals surface area contributed by atoms with Crippen molar-refractivity contribution in [2.75, 3.05) is 4.90 Å². The topological polar surface area (TPSA) is 8.17 Å². The second-order valence-electron chi connectivity index (χ2n) is 16.1. The number of aromatic nitrogens is 1. The monoisotopic (exact) mass is 820 g/mol. The molecular weight excluding hydrogens is 781 g/mol. The van der Waals surface area contributed by atoms with Gasteiger partial charge in [0.2, 0.25) is 0 Å². The number of para-hydroxylation sites is 3. The molecule has 0 aliphatic rings. The maximum Gasteiger partial charge on any atom is 0.0561 e. The highest BCUT2D eigenvalue weighted by Crippen LogP contribution is 2.50. The maximum absolute atomic E-state index is 2.50. The SMILES string of the molecule is c1ccc(-c2ccc(-c3ccccc3N(c3ccc4c5ccccc5n(-c5ccccc5)c4c3)c3ccc(-c4ccccc4)cc3-c3cccc4c3sc3ccccc34)cc2)cc1. The molecule has 63 heavy (non-hydrogen) atoms. The van der Waals surface area contributed by atoms with Crippen LogP contribution in [0.25, 0.3) is 92.2 Å². The van der Waals surface area contributed by atoms with E-state index in [1.807, 2.05) is 11.3 Å². The second-order valence-corrected chi connectivity index (χ2v) is 17.1. The molecule has 3 heteroatoms. The molecule has 296 valence electrons. The molecule has 12 aromatic rings. The molecule has 12 rings (SSSR count). The average molecular weight is 821 g/mol. The lowest BCUT2D eigenvalue weighted by Gasteiger charge is -2.30. The summed E-state index contributed by atoms with van der Waals surface area (Å²) in [5, 5.41) is 5.03. The van der Waals surface area contributed by atoms with Crippen LogP contribution in [-0.2, 0) is 0 Å². The van der Waals surface area contributed by atoms with Crippen LogP contribution in [-0.4, -0.2) is 4.57 Å². The third kappa shape index (κ3) is 6.41. The molecule has 2 nitrogen and oxygen atoms in total. The van der Waals surface area contributed by atoms with Gasteiger partial charge in [0.25, 0.3) is 0 Å². The minimum Gasteiger partial charge on any atom is -0.309 e.